The van der Waals surface area contributed by atoms with E-state index < -0.39 is 22.2 Å². The molecule has 1 aliphatic rings. The van der Waals surface area contributed by atoms with Crippen molar-refractivity contribution in [1.29, 1.82) is 0 Å². The summed E-state index contributed by atoms with van der Waals surface area (Å²) in [7, 11) is 0. The van der Waals surface area contributed by atoms with Crippen LogP contribution < -0.4 is 10.6 Å². The summed E-state index contributed by atoms with van der Waals surface area (Å²) in [5.74, 6) is 0.171. The van der Waals surface area contributed by atoms with E-state index in [-0.39, 0.29) is 11.5 Å². The highest BCUT2D eigenvalue weighted by molar-refractivity contribution is 5.72. The largest absolute Gasteiger partial charge is 0.444 e. The number of nitrogens with zero attached hydrogens (tertiary/aromatic N) is 2. The van der Waals surface area contributed by atoms with Gasteiger partial charge in [0.2, 0.25) is 5.82 Å². The first kappa shape index (κ1) is 26.7. The smallest absolute Gasteiger partial charge is 0.408 e. The molecule has 1 amide bonds. The summed E-state index contributed by atoms with van der Waals surface area (Å²) >= 11 is 0. The third-order valence-electron chi connectivity index (χ3n) is 5.79. The maximum absolute atomic E-state index is 12.4. The number of pyridine rings is 1. The number of nitro groups is 1. The first-order valence-corrected chi connectivity index (χ1v) is 12.2. The first-order valence-electron chi connectivity index (χ1n) is 12.2. The van der Waals surface area contributed by atoms with Crippen LogP contribution in [0.25, 0.3) is 11.3 Å². The highest BCUT2D eigenvalue weighted by Crippen LogP contribution is 2.42. The van der Waals surface area contributed by atoms with Crippen molar-refractivity contribution in [3.63, 3.8) is 0 Å². The summed E-state index contributed by atoms with van der Waals surface area (Å²) < 4.78 is 5.44. The highest BCUT2D eigenvalue weighted by atomic mass is 16.6. The normalized spacial score (nSPS) is 13.9. The lowest BCUT2D eigenvalue weighted by molar-refractivity contribution is -0.384. The molecule has 0 aliphatic heterocycles. The fraction of sp³-hybridized carbons (Fsp3) is 0.357. The van der Waals surface area contributed by atoms with E-state index in [9.17, 15) is 14.9 Å². The Morgan fingerprint density at radius 3 is 2.17 bits per heavy atom. The predicted octanol–water partition coefficient (Wildman–Crippen LogP) is 7.33. The minimum absolute atomic E-state index is 0.106. The minimum atomic E-state index is -0.571. The zero-order valence-electron chi connectivity index (χ0n) is 21.5. The third kappa shape index (κ3) is 6.38. The molecule has 8 heteroatoms. The van der Waals surface area contributed by atoms with Gasteiger partial charge in [-0.25, -0.2) is 9.78 Å². The van der Waals surface area contributed by atoms with Gasteiger partial charge in [0.25, 0.3) is 0 Å². The number of hydrogen-bond acceptors (Lipinski definition) is 6. The topological polar surface area (TPSA) is 106 Å². The van der Waals surface area contributed by atoms with Crippen LogP contribution in [0.2, 0.25) is 0 Å². The lowest BCUT2D eigenvalue weighted by Gasteiger charge is -2.43. The van der Waals surface area contributed by atoms with E-state index in [2.05, 4.69) is 15.6 Å². The van der Waals surface area contributed by atoms with Crippen LogP contribution in [0.15, 0.2) is 66.7 Å². The van der Waals surface area contributed by atoms with Crippen molar-refractivity contribution in [2.45, 2.75) is 65.0 Å². The molecule has 8 nitrogen and oxygen atoms in total. The summed E-state index contributed by atoms with van der Waals surface area (Å²) in [6, 6.07) is 20.1. The van der Waals surface area contributed by atoms with Crippen LogP contribution in [0.3, 0.4) is 0 Å². The van der Waals surface area contributed by atoms with Gasteiger partial charge in [-0.15, -0.1) is 0 Å². The number of hydrogen-bond donors (Lipinski definition) is 2. The molecule has 0 spiro atoms. The lowest BCUT2D eigenvalue weighted by Crippen LogP contribution is -2.52. The average molecular weight is 491 g/mol. The molecule has 0 atom stereocenters. The Hall–Kier alpha value is -3.94. The van der Waals surface area contributed by atoms with Crippen LogP contribution in [-0.4, -0.2) is 21.6 Å². The number of benzene rings is 2. The molecule has 1 saturated carbocycles. The maximum Gasteiger partial charge on any atom is 0.408 e. The monoisotopic (exact) mass is 490 g/mol. The Kier molecular flexibility index (Phi) is 8.29. The number of carbonyl (C=O) groups excluding carboxylic acids is 1. The lowest BCUT2D eigenvalue weighted by atomic mass is 9.72. The van der Waals surface area contributed by atoms with E-state index in [1.165, 1.54) is 6.07 Å². The Balaban J connectivity index is 0.00000176. The Morgan fingerprint density at radius 2 is 1.64 bits per heavy atom. The summed E-state index contributed by atoms with van der Waals surface area (Å²) in [5.41, 5.74) is 2.01. The number of alkyl carbamates (subject to hydrolysis) is 1. The second kappa shape index (κ2) is 11.2. The van der Waals surface area contributed by atoms with Gasteiger partial charge in [0, 0.05) is 17.3 Å². The SMILES string of the molecule is CC.CC(C)(C)OC(=O)NC1(c2ccc(Nc3nc(-c4ccccc4)ccc3[N+](=O)[O-])cc2)CCC1. The molecule has 1 aromatic heterocycles. The summed E-state index contributed by atoms with van der Waals surface area (Å²) in [6.45, 7) is 9.50. The van der Waals surface area contributed by atoms with Gasteiger partial charge in [-0.05, 0) is 63.8 Å². The Labute approximate surface area is 212 Å². The summed E-state index contributed by atoms with van der Waals surface area (Å²) in [6.07, 6.45) is 2.22. The number of amides is 1. The molecule has 190 valence electrons. The van der Waals surface area contributed by atoms with Gasteiger partial charge in [-0.1, -0.05) is 56.3 Å². The number of rotatable bonds is 6. The molecule has 1 aliphatic carbocycles. The quantitative estimate of drug-likeness (QED) is 0.277. The van der Waals surface area contributed by atoms with Crippen LogP contribution >= 0.6 is 0 Å². The third-order valence-corrected chi connectivity index (χ3v) is 5.79. The molecule has 0 saturated heterocycles. The molecular weight excluding hydrogens is 456 g/mol. The molecular formula is C28H34N4O4. The zero-order valence-corrected chi connectivity index (χ0v) is 21.5. The molecule has 1 fully saturated rings. The molecule has 0 bridgehead atoms. The van der Waals surface area contributed by atoms with Crippen molar-refractivity contribution < 1.29 is 14.5 Å². The van der Waals surface area contributed by atoms with Crippen molar-refractivity contribution in [3.8, 4) is 11.3 Å². The number of nitrogens with one attached hydrogen (secondary N) is 2. The predicted molar refractivity (Wildman–Crippen MR) is 142 cm³/mol. The van der Waals surface area contributed by atoms with Crippen molar-refractivity contribution in [2.24, 2.45) is 0 Å². The van der Waals surface area contributed by atoms with E-state index in [1.54, 1.807) is 6.07 Å². The number of aromatic nitrogens is 1. The van der Waals surface area contributed by atoms with Gasteiger partial charge < -0.3 is 15.4 Å². The van der Waals surface area contributed by atoms with Crippen LogP contribution in [-0.2, 0) is 10.3 Å². The average Bonchev–Trinajstić information content (AvgIpc) is 2.82. The van der Waals surface area contributed by atoms with E-state index in [0.717, 1.165) is 30.4 Å². The van der Waals surface area contributed by atoms with Crippen molar-refractivity contribution >= 4 is 23.3 Å². The number of carbonyl (C=O) groups is 1. The van der Waals surface area contributed by atoms with Gasteiger partial charge in [0.15, 0.2) is 0 Å². The van der Waals surface area contributed by atoms with Gasteiger partial charge >= 0.3 is 11.8 Å². The van der Waals surface area contributed by atoms with Gasteiger partial charge in [0.05, 0.1) is 16.2 Å². The zero-order chi connectivity index (χ0) is 26.3. The second-order valence-corrected chi connectivity index (χ2v) is 9.45. The molecule has 36 heavy (non-hydrogen) atoms. The van der Waals surface area contributed by atoms with E-state index in [4.69, 9.17) is 4.74 Å². The molecule has 2 aromatic carbocycles. The second-order valence-electron chi connectivity index (χ2n) is 9.45. The van der Waals surface area contributed by atoms with E-state index in [0.29, 0.717) is 11.4 Å². The van der Waals surface area contributed by atoms with Gasteiger partial charge in [-0.2, -0.15) is 0 Å². The Bertz CT molecular complexity index is 1180. The molecule has 0 radical (unpaired) electrons. The molecule has 2 N–H and O–H groups in total. The van der Waals surface area contributed by atoms with Gasteiger partial charge in [0.1, 0.15) is 5.60 Å². The van der Waals surface area contributed by atoms with Crippen LogP contribution in [0.1, 0.15) is 59.4 Å². The molecule has 0 unspecified atom stereocenters. The fourth-order valence-corrected chi connectivity index (χ4v) is 3.99. The molecule has 3 aromatic rings. The van der Waals surface area contributed by atoms with Crippen LogP contribution in [0.4, 0.5) is 22.0 Å². The number of ether oxygens (including phenoxy) is 1. The standard InChI is InChI=1S/C26H28N4O4.C2H6/c1-25(2,3)34-24(31)29-26(16-7-17-26)19-10-12-20(13-11-19)27-23-22(30(32)33)15-14-21(28-23)18-8-5-4-6-9-18;1-2/h4-6,8-15H,7,16-17H2,1-3H3,(H,27,28)(H,29,31);1-2H3. The highest BCUT2D eigenvalue weighted by Gasteiger charge is 2.41. The fourth-order valence-electron chi connectivity index (χ4n) is 3.99. The number of anilines is 2. The van der Waals surface area contributed by atoms with Crippen LogP contribution in [0.5, 0.6) is 0 Å². The van der Waals surface area contributed by atoms with Crippen molar-refractivity contribution in [2.75, 3.05) is 5.32 Å². The molecule has 4 rings (SSSR count). The van der Waals surface area contributed by atoms with Crippen LogP contribution in [0, 0.1) is 10.1 Å². The first-order chi connectivity index (χ1) is 17.2. The van der Waals surface area contributed by atoms with Gasteiger partial charge in [-0.3, -0.25) is 10.1 Å². The van der Waals surface area contributed by atoms with Crippen molar-refractivity contribution in [1.82, 2.24) is 10.3 Å². The minimum Gasteiger partial charge on any atom is -0.444 e. The molecule has 1 heterocycles. The summed E-state index contributed by atoms with van der Waals surface area (Å²) in [5, 5.41) is 17.7. The maximum atomic E-state index is 12.4. The summed E-state index contributed by atoms with van der Waals surface area (Å²) in [4.78, 5) is 28.0. The van der Waals surface area contributed by atoms with Crippen molar-refractivity contribution in [3.05, 3.63) is 82.4 Å². The van der Waals surface area contributed by atoms with E-state index in [1.807, 2.05) is 89.2 Å². The Morgan fingerprint density at radius 1 is 1.00 bits per heavy atom. The van der Waals surface area contributed by atoms with E-state index >= 15 is 0 Å².